The van der Waals surface area contributed by atoms with E-state index in [0.717, 1.165) is 17.1 Å². The van der Waals surface area contributed by atoms with Gasteiger partial charge in [0.2, 0.25) is 0 Å². The second-order valence-electron chi connectivity index (χ2n) is 11.0. The van der Waals surface area contributed by atoms with Crippen molar-refractivity contribution in [2.24, 2.45) is 0 Å². The van der Waals surface area contributed by atoms with Crippen molar-refractivity contribution >= 4 is 19.6 Å². The summed E-state index contributed by atoms with van der Waals surface area (Å²) in [5.41, 5.74) is 0.850. The van der Waals surface area contributed by atoms with Crippen LogP contribution in [0.2, 0.25) is 0 Å². The van der Waals surface area contributed by atoms with Crippen LogP contribution in [0.15, 0.2) is 11.8 Å². The lowest BCUT2D eigenvalue weighted by Gasteiger charge is -2.24. The summed E-state index contributed by atoms with van der Waals surface area (Å²) >= 11 is 1.82. The van der Waals surface area contributed by atoms with Gasteiger partial charge in [-0.25, -0.2) is 4.57 Å². The highest BCUT2D eigenvalue weighted by molar-refractivity contribution is 7.99. The Labute approximate surface area is 228 Å². The number of methoxy groups -OCH3 is 1. The predicted molar refractivity (Wildman–Crippen MR) is 157 cm³/mol. The number of rotatable bonds is 27. The van der Waals surface area contributed by atoms with Crippen LogP contribution in [0.4, 0.5) is 0 Å². The molecule has 0 aromatic rings. The molecule has 0 saturated heterocycles. The Morgan fingerprint density at radius 1 is 0.806 bits per heavy atom. The molecule has 1 N–H and O–H groups in total. The molecule has 0 saturated carbocycles. The third-order valence-electron chi connectivity index (χ3n) is 6.14. The Morgan fingerprint density at radius 3 is 1.72 bits per heavy atom. The van der Waals surface area contributed by atoms with Crippen molar-refractivity contribution in [3.63, 3.8) is 0 Å². The average Bonchev–Trinajstić information content (AvgIpc) is 2.80. The van der Waals surface area contributed by atoms with E-state index in [0.29, 0.717) is 11.0 Å². The molecular formula is C28H59NO5PS+. The number of likely N-dealkylation sites (N-methyl/N-ethyl adjacent to an activating group) is 1. The van der Waals surface area contributed by atoms with Crippen molar-refractivity contribution in [1.82, 2.24) is 0 Å². The van der Waals surface area contributed by atoms with Crippen LogP contribution >= 0.6 is 19.6 Å². The number of thioether (sulfide) groups is 1. The van der Waals surface area contributed by atoms with Crippen LogP contribution in [0.25, 0.3) is 0 Å². The van der Waals surface area contributed by atoms with Gasteiger partial charge in [-0.05, 0) is 12.2 Å². The number of quaternary nitrogens is 1. The van der Waals surface area contributed by atoms with Crippen LogP contribution < -0.4 is 0 Å². The zero-order valence-corrected chi connectivity index (χ0v) is 26.0. The molecule has 0 bridgehead atoms. The molecule has 0 amide bonds. The Kier molecular flexibility index (Phi) is 24.0. The Hall–Kier alpha value is -0.0400. The molecule has 0 rings (SSSR count). The lowest BCUT2D eigenvalue weighted by molar-refractivity contribution is -0.870. The number of nitrogens with zero attached hydrogens (tertiary/aromatic N) is 1. The topological polar surface area (TPSA) is 65.0 Å². The second-order valence-corrected chi connectivity index (χ2v) is 13.5. The molecule has 1 unspecified atom stereocenters. The van der Waals surface area contributed by atoms with Crippen LogP contribution in [-0.2, 0) is 18.3 Å². The first-order valence-corrected chi connectivity index (χ1v) is 17.1. The minimum atomic E-state index is -4.05. The lowest BCUT2D eigenvalue weighted by atomic mass is 10.0. The zero-order chi connectivity index (χ0) is 27.0. The Morgan fingerprint density at radius 2 is 1.28 bits per heavy atom. The summed E-state index contributed by atoms with van der Waals surface area (Å²) in [5, 5.41) is 0. The molecule has 1 atom stereocenters. The van der Waals surface area contributed by atoms with Crippen molar-refractivity contribution in [1.29, 1.82) is 0 Å². The monoisotopic (exact) mass is 552 g/mol. The Balaban J connectivity index is 3.62. The quantitative estimate of drug-likeness (QED) is 0.0478. The van der Waals surface area contributed by atoms with E-state index >= 15 is 0 Å². The van der Waals surface area contributed by atoms with Crippen molar-refractivity contribution < 1.29 is 27.7 Å². The van der Waals surface area contributed by atoms with Gasteiger partial charge < -0.3 is 14.1 Å². The fourth-order valence-electron chi connectivity index (χ4n) is 3.86. The molecule has 216 valence electrons. The van der Waals surface area contributed by atoms with E-state index in [4.69, 9.17) is 13.8 Å². The summed E-state index contributed by atoms with van der Waals surface area (Å²) < 4.78 is 28.1. The second kappa shape index (κ2) is 24.0. The summed E-state index contributed by atoms with van der Waals surface area (Å²) in [6.07, 6.45) is 23.7. The van der Waals surface area contributed by atoms with Crippen LogP contribution in [0.3, 0.4) is 0 Å². The molecule has 0 aliphatic heterocycles. The summed E-state index contributed by atoms with van der Waals surface area (Å²) in [7, 11) is 3.54. The first-order chi connectivity index (χ1) is 17.2. The van der Waals surface area contributed by atoms with Crippen molar-refractivity contribution in [2.45, 2.75) is 110 Å². The number of hydrogen-bond acceptors (Lipinski definition) is 5. The first kappa shape index (κ1) is 36.0. The lowest BCUT2D eigenvalue weighted by Crippen LogP contribution is -2.37. The third-order valence-corrected chi connectivity index (χ3v) is 8.26. The molecular weight excluding hydrogens is 493 g/mol. The van der Waals surface area contributed by atoms with Gasteiger partial charge in [0.05, 0.1) is 41.1 Å². The summed E-state index contributed by atoms with van der Waals surface area (Å²) in [5.74, 6) is 1.81. The fraction of sp³-hybridized carbons (Fsp3) is 0.929. The molecule has 0 heterocycles. The molecule has 0 aromatic carbocycles. The van der Waals surface area contributed by atoms with Gasteiger partial charge in [-0.1, -0.05) is 103 Å². The number of hydrogen-bond donors (Lipinski definition) is 1. The van der Waals surface area contributed by atoms with E-state index in [2.05, 4.69) is 6.92 Å². The highest BCUT2D eigenvalue weighted by atomic mass is 32.2. The molecule has 0 aliphatic carbocycles. The van der Waals surface area contributed by atoms with Gasteiger partial charge in [-0.3, -0.25) is 9.05 Å². The Bertz CT molecular complexity index is 569. The van der Waals surface area contributed by atoms with Crippen LogP contribution in [0.5, 0.6) is 0 Å². The molecule has 36 heavy (non-hydrogen) atoms. The van der Waals surface area contributed by atoms with Gasteiger partial charge in [0.15, 0.2) is 0 Å². The maximum Gasteiger partial charge on any atom is 0.472 e. The minimum absolute atomic E-state index is 0.0396. The van der Waals surface area contributed by atoms with Gasteiger partial charge in [-0.2, -0.15) is 11.8 Å². The van der Waals surface area contributed by atoms with Crippen molar-refractivity contribution in [3.8, 4) is 0 Å². The number of phosphoric ester groups is 1. The molecule has 8 heteroatoms. The normalized spacial score (nSPS) is 14.2. The summed E-state index contributed by atoms with van der Waals surface area (Å²) in [6, 6.07) is 0. The fourth-order valence-corrected chi connectivity index (χ4v) is 5.55. The average molecular weight is 553 g/mol. The highest BCUT2D eigenvalue weighted by Crippen LogP contribution is 2.43. The SMILES string of the molecule is CCCCCCCCCCCCCCCCCCSCC(=COC)COP(=O)(O)OCC[N+](C)(C)C. The van der Waals surface area contributed by atoms with Crippen molar-refractivity contribution in [3.05, 3.63) is 11.8 Å². The van der Waals surface area contributed by atoms with Gasteiger partial charge in [0.25, 0.3) is 0 Å². The van der Waals surface area contributed by atoms with E-state index < -0.39 is 7.82 Å². The standard InChI is InChI=1S/C28H58NO5PS/c1-6-7-8-9-10-11-12-13-14-15-16-17-18-19-20-21-24-36-27-28(25-32-5)26-34-35(30,31)33-23-22-29(2,3)4/h25H,6-24,26-27H2,1-5H3/p+1. The van der Waals surface area contributed by atoms with Gasteiger partial charge in [0.1, 0.15) is 13.2 Å². The number of unbranched alkanes of at least 4 members (excludes halogenated alkanes) is 15. The molecule has 0 spiro atoms. The summed E-state index contributed by atoms with van der Waals surface area (Å²) in [6.45, 7) is 3.12. The van der Waals surface area contributed by atoms with Gasteiger partial charge in [0, 0.05) is 11.3 Å². The van der Waals surface area contributed by atoms with Crippen molar-refractivity contribution in [2.75, 3.05) is 59.5 Å². The van der Waals surface area contributed by atoms with Crippen LogP contribution in [0.1, 0.15) is 110 Å². The molecule has 0 aromatic heterocycles. The van der Waals surface area contributed by atoms with E-state index in [1.54, 1.807) is 13.4 Å². The highest BCUT2D eigenvalue weighted by Gasteiger charge is 2.23. The zero-order valence-electron chi connectivity index (χ0n) is 24.3. The first-order valence-electron chi connectivity index (χ1n) is 14.4. The number of ether oxygens (including phenoxy) is 1. The third kappa shape index (κ3) is 27.0. The summed E-state index contributed by atoms with van der Waals surface area (Å²) in [4.78, 5) is 9.89. The van der Waals surface area contributed by atoms with E-state index in [1.807, 2.05) is 32.9 Å². The maximum absolute atomic E-state index is 12.1. The van der Waals surface area contributed by atoms with Crippen LogP contribution in [0, 0.1) is 0 Å². The predicted octanol–water partition coefficient (Wildman–Crippen LogP) is 8.35. The van der Waals surface area contributed by atoms with E-state index in [1.165, 1.54) is 103 Å². The molecule has 6 nitrogen and oxygen atoms in total. The molecule has 0 radical (unpaired) electrons. The molecule has 0 aliphatic rings. The van der Waals surface area contributed by atoms with E-state index in [-0.39, 0.29) is 13.2 Å². The minimum Gasteiger partial charge on any atom is -0.504 e. The van der Waals surface area contributed by atoms with E-state index in [9.17, 15) is 9.46 Å². The number of phosphoric acid groups is 1. The molecule has 0 fully saturated rings. The van der Waals surface area contributed by atoms with Gasteiger partial charge in [-0.15, -0.1) is 0 Å². The smallest absolute Gasteiger partial charge is 0.472 e. The van der Waals surface area contributed by atoms with Gasteiger partial charge >= 0.3 is 7.82 Å². The maximum atomic E-state index is 12.1. The van der Waals surface area contributed by atoms with Crippen LogP contribution in [-0.4, -0.2) is 68.9 Å². The largest absolute Gasteiger partial charge is 0.504 e.